The summed E-state index contributed by atoms with van der Waals surface area (Å²) in [5.41, 5.74) is 8.60. The van der Waals surface area contributed by atoms with Gasteiger partial charge in [-0.1, -0.05) is 0 Å². The van der Waals surface area contributed by atoms with Crippen molar-refractivity contribution in [3.63, 3.8) is 0 Å². The van der Waals surface area contributed by atoms with Crippen LogP contribution in [0.25, 0.3) is 11.0 Å². The van der Waals surface area contributed by atoms with Crippen LogP contribution in [0, 0.1) is 18.3 Å². The van der Waals surface area contributed by atoms with E-state index in [9.17, 15) is 5.11 Å². The van der Waals surface area contributed by atoms with E-state index in [4.69, 9.17) is 12.2 Å². The Balaban J connectivity index is 1.55. The minimum atomic E-state index is -0.268. The van der Waals surface area contributed by atoms with Crippen LogP contribution in [-0.2, 0) is 6.54 Å². The lowest BCUT2D eigenvalue weighted by molar-refractivity contribution is 0.149. The molecule has 2 atom stereocenters. The Morgan fingerprint density at radius 3 is 3.17 bits per heavy atom. The first-order valence-electron chi connectivity index (χ1n) is 8.17. The van der Waals surface area contributed by atoms with E-state index in [2.05, 4.69) is 25.8 Å². The molecule has 128 valence electrons. The molecule has 7 heteroatoms. The van der Waals surface area contributed by atoms with Gasteiger partial charge in [0.2, 0.25) is 0 Å². The Morgan fingerprint density at radius 1 is 1.46 bits per heavy atom. The second-order valence-corrected chi connectivity index (χ2v) is 7.35. The number of β-amino-alcohol motifs (C(OH)–C–C–N with tert-alkyl or cyclic N) is 1. The van der Waals surface area contributed by atoms with E-state index in [-0.39, 0.29) is 6.10 Å². The number of terminal acetylenes is 1. The van der Waals surface area contributed by atoms with Crippen molar-refractivity contribution < 1.29 is 5.11 Å². The van der Waals surface area contributed by atoms with Gasteiger partial charge in [0, 0.05) is 43.7 Å². The summed E-state index contributed by atoms with van der Waals surface area (Å²) in [5, 5.41) is 10.3. The fourth-order valence-electron chi connectivity index (χ4n) is 3.12. The SMILES string of the molecule is C#CCCCSC[C@H]1CN(Cc2c[nH]c3c(N)ncnc23)C[C@@H]1O. The molecule has 0 unspecified atom stereocenters. The molecule has 0 amide bonds. The minimum Gasteiger partial charge on any atom is -0.391 e. The summed E-state index contributed by atoms with van der Waals surface area (Å²) in [7, 11) is 0. The largest absolute Gasteiger partial charge is 0.391 e. The Labute approximate surface area is 146 Å². The lowest BCUT2D eigenvalue weighted by Gasteiger charge is -2.14. The van der Waals surface area contributed by atoms with Gasteiger partial charge in [0.05, 0.1) is 11.6 Å². The third kappa shape index (κ3) is 3.83. The zero-order valence-electron chi connectivity index (χ0n) is 13.6. The van der Waals surface area contributed by atoms with Crippen LogP contribution in [0.2, 0.25) is 0 Å². The molecule has 3 heterocycles. The van der Waals surface area contributed by atoms with E-state index >= 15 is 0 Å². The molecule has 2 aromatic rings. The van der Waals surface area contributed by atoms with Crippen molar-refractivity contribution in [2.75, 3.05) is 30.3 Å². The number of rotatable bonds is 7. The molecule has 2 aromatic heterocycles. The molecule has 0 aliphatic carbocycles. The average Bonchev–Trinajstić information content (AvgIpc) is 3.13. The van der Waals surface area contributed by atoms with Crippen LogP contribution in [0.4, 0.5) is 5.82 Å². The summed E-state index contributed by atoms with van der Waals surface area (Å²) in [6.07, 6.45) is 10.3. The second-order valence-electron chi connectivity index (χ2n) is 6.20. The molecule has 0 spiro atoms. The van der Waals surface area contributed by atoms with Gasteiger partial charge in [-0.3, -0.25) is 4.90 Å². The van der Waals surface area contributed by atoms with Crippen molar-refractivity contribution in [2.45, 2.75) is 25.5 Å². The van der Waals surface area contributed by atoms with Gasteiger partial charge in [-0.2, -0.15) is 11.8 Å². The zero-order chi connectivity index (χ0) is 16.9. The number of likely N-dealkylation sites (tertiary alicyclic amines) is 1. The number of fused-ring (bicyclic) bond motifs is 1. The van der Waals surface area contributed by atoms with Crippen molar-refractivity contribution in [2.24, 2.45) is 5.92 Å². The fraction of sp³-hybridized carbons (Fsp3) is 0.529. The topological polar surface area (TPSA) is 91.1 Å². The van der Waals surface area contributed by atoms with Crippen molar-refractivity contribution in [1.82, 2.24) is 19.9 Å². The van der Waals surface area contributed by atoms with Gasteiger partial charge in [0.1, 0.15) is 11.8 Å². The lowest BCUT2D eigenvalue weighted by Crippen LogP contribution is -2.21. The minimum absolute atomic E-state index is 0.268. The maximum Gasteiger partial charge on any atom is 0.151 e. The van der Waals surface area contributed by atoms with Gasteiger partial charge >= 0.3 is 0 Å². The molecule has 1 fully saturated rings. The van der Waals surface area contributed by atoms with Gasteiger partial charge in [-0.15, -0.1) is 12.3 Å². The summed E-state index contributed by atoms with van der Waals surface area (Å²) in [5.74, 6) is 5.48. The van der Waals surface area contributed by atoms with Gasteiger partial charge in [0.15, 0.2) is 5.82 Å². The van der Waals surface area contributed by atoms with Crippen LogP contribution >= 0.6 is 11.8 Å². The Bertz CT molecular complexity index is 725. The monoisotopic (exact) mass is 345 g/mol. The first-order valence-corrected chi connectivity index (χ1v) is 9.32. The summed E-state index contributed by atoms with van der Waals surface area (Å²) in [6.45, 7) is 2.35. The van der Waals surface area contributed by atoms with Crippen LogP contribution in [-0.4, -0.2) is 55.7 Å². The highest BCUT2D eigenvalue weighted by atomic mass is 32.2. The molecule has 3 rings (SSSR count). The molecule has 24 heavy (non-hydrogen) atoms. The first-order chi connectivity index (χ1) is 11.7. The number of aromatic amines is 1. The number of hydrogen-bond donors (Lipinski definition) is 3. The molecule has 0 bridgehead atoms. The fourth-order valence-corrected chi connectivity index (χ4v) is 4.26. The highest BCUT2D eigenvalue weighted by molar-refractivity contribution is 7.99. The normalized spacial score (nSPS) is 21.3. The highest BCUT2D eigenvalue weighted by Crippen LogP contribution is 2.26. The third-order valence-electron chi connectivity index (χ3n) is 4.39. The standard InChI is InChI=1S/C17H23N5OS/c1-2-3-4-5-24-10-13-8-22(9-14(13)23)7-12-6-19-16-15(12)20-11-21-17(16)18/h1,6,11,13-14,19,23H,3-5,7-10H2,(H2,18,20,21)/t13-,14+/m1/s1. The number of nitrogens with one attached hydrogen (secondary N) is 1. The first kappa shape index (κ1) is 17.1. The predicted molar refractivity (Wildman–Crippen MR) is 98.5 cm³/mol. The van der Waals surface area contributed by atoms with Crippen molar-refractivity contribution >= 4 is 28.6 Å². The zero-order valence-corrected chi connectivity index (χ0v) is 14.4. The quantitative estimate of drug-likeness (QED) is 0.520. The summed E-state index contributed by atoms with van der Waals surface area (Å²) in [6, 6.07) is 0. The van der Waals surface area contributed by atoms with E-state index in [0.717, 1.165) is 54.0 Å². The molecule has 6 nitrogen and oxygen atoms in total. The number of H-pyrrole nitrogens is 1. The number of hydrogen-bond acceptors (Lipinski definition) is 6. The van der Waals surface area contributed by atoms with E-state index in [0.29, 0.717) is 18.3 Å². The lowest BCUT2D eigenvalue weighted by atomic mass is 10.1. The Morgan fingerprint density at radius 2 is 2.33 bits per heavy atom. The summed E-state index contributed by atoms with van der Waals surface area (Å²) < 4.78 is 0. The number of nitrogens with two attached hydrogens (primary N) is 1. The van der Waals surface area contributed by atoms with E-state index < -0.39 is 0 Å². The number of aliphatic hydroxyl groups is 1. The second kappa shape index (κ2) is 7.88. The van der Waals surface area contributed by atoms with Crippen molar-refractivity contribution in [3.8, 4) is 12.3 Å². The van der Waals surface area contributed by atoms with Gasteiger partial charge in [-0.05, 0) is 17.9 Å². The Hall–Kier alpha value is -1.75. The molecule has 0 aromatic carbocycles. The van der Waals surface area contributed by atoms with Crippen molar-refractivity contribution in [3.05, 3.63) is 18.1 Å². The van der Waals surface area contributed by atoms with Crippen LogP contribution in [0.3, 0.4) is 0 Å². The number of thioether (sulfide) groups is 1. The third-order valence-corrected chi connectivity index (χ3v) is 5.63. The number of nitrogens with zero attached hydrogens (tertiary/aromatic N) is 3. The van der Waals surface area contributed by atoms with Crippen molar-refractivity contribution in [1.29, 1.82) is 0 Å². The highest BCUT2D eigenvalue weighted by Gasteiger charge is 2.31. The summed E-state index contributed by atoms with van der Waals surface area (Å²) >= 11 is 1.88. The van der Waals surface area contributed by atoms with Gasteiger partial charge in [0.25, 0.3) is 0 Å². The smallest absolute Gasteiger partial charge is 0.151 e. The van der Waals surface area contributed by atoms with Crippen LogP contribution in [0.5, 0.6) is 0 Å². The van der Waals surface area contributed by atoms with Gasteiger partial charge < -0.3 is 15.8 Å². The maximum absolute atomic E-state index is 10.3. The molecular formula is C17H23N5OS. The molecule has 1 saturated heterocycles. The molecule has 0 radical (unpaired) electrons. The molecule has 1 aliphatic heterocycles. The van der Waals surface area contributed by atoms with E-state index in [1.54, 1.807) is 0 Å². The van der Waals surface area contributed by atoms with E-state index in [1.165, 1.54) is 6.33 Å². The average molecular weight is 345 g/mol. The number of aromatic nitrogens is 3. The molecular weight excluding hydrogens is 322 g/mol. The maximum atomic E-state index is 10.3. The molecule has 4 N–H and O–H groups in total. The van der Waals surface area contributed by atoms with Gasteiger partial charge in [-0.25, -0.2) is 9.97 Å². The summed E-state index contributed by atoms with van der Waals surface area (Å²) in [4.78, 5) is 13.8. The number of aliphatic hydroxyl groups excluding tert-OH is 1. The van der Waals surface area contributed by atoms with Crippen LogP contribution < -0.4 is 5.73 Å². The predicted octanol–water partition coefficient (Wildman–Crippen LogP) is 1.48. The van der Waals surface area contributed by atoms with E-state index in [1.807, 2.05) is 18.0 Å². The number of unbranched alkanes of at least 4 members (excludes halogenated alkanes) is 1. The van der Waals surface area contributed by atoms with Crippen LogP contribution in [0.1, 0.15) is 18.4 Å². The number of anilines is 1. The molecule has 0 saturated carbocycles. The molecule has 1 aliphatic rings. The Kier molecular flexibility index (Phi) is 5.61. The van der Waals surface area contributed by atoms with Crippen LogP contribution in [0.15, 0.2) is 12.5 Å². The number of nitrogen functional groups attached to an aromatic ring is 1.